The van der Waals surface area contributed by atoms with Crippen LogP contribution in [0.1, 0.15) is 11.7 Å². The van der Waals surface area contributed by atoms with Crippen LogP contribution in [0.2, 0.25) is 0 Å². The Hall–Kier alpha value is -3.20. The molecule has 1 unspecified atom stereocenters. The van der Waals surface area contributed by atoms with Gasteiger partial charge < -0.3 is 5.11 Å². The number of aromatic nitrogens is 4. The van der Waals surface area contributed by atoms with Gasteiger partial charge in [0.2, 0.25) is 0 Å². The van der Waals surface area contributed by atoms with E-state index in [0.29, 0.717) is 27.8 Å². The van der Waals surface area contributed by atoms with Crippen molar-refractivity contribution < 1.29 is 22.9 Å². The first-order valence-electron chi connectivity index (χ1n) is 7.55. The Morgan fingerprint density at radius 1 is 1.04 bits per heavy atom. The molecule has 0 aliphatic rings. The first-order chi connectivity index (χ1) is 12.4. The zero-order valence-electron chi connectivity index (χ0n) is 13.1. The number of aliphatic hydroxyl groups is 1. The molecule has 0 fully saturated rings. The van der Waals surface area contributed by atoms with E-state index in [4.69, 9.17) is 4.63 Å². The normalized spacial score (nSPS) is 13.2. The highest BCUT2D eigenvalue weighted by Crippen LogP contribution is 2.35. The minimum atomic E-state index is -4.74. The molecule has 2 heterocycles. The largest absolute Gasteiger partial charge is 0.418 e. The fourth-order valence-corrected chi connectivity index (χ4v) is 2.70. The average molecular weight is 360 g/mol. The Balaban J connectivity index is 1.85. The molecule has 0 saturated carbocycles. The van der Waals surface area contributed by atoms with Crippen LogP contribution in [0.4, 0.5) is 13.2 Å². The monoisotopic (exact) mass is 360 g/mol. The van der Waals surface area contributed by atoms with E-state index in [9.17, 15) is 18.3 Å². The first-order valence-corrected chi connectivity index (χ1v) is 7.55. The van der Waals surface area contributed by atoms with Crippen molar-refractivity contribution in [2.24, 2.45) is 0 Å². The number of aliphatic hydroxyl groups excluding tert-OH is 1. The van der Waals surface area contributed by atoms with E-state index in [-0.39, 0.29) is 5.56 Å². The van der Waals surface area contributed by atoms with Gasteiger partial charge in [0, 0.05) is 12.4 Å². The van der Waals surface area contributed by atoms with E-state index in [1.807, 2.05) is 0 Å². The van der Waals surface area contributed by atoms with Gasteiger partial charge in [-0.1, -0.05) is 18.2 Å². The van der Waals surface area contributed by atoms with Gasteiger partial charge in [-0.15, -0.1) is 0 Å². The number of hydrogen-bond acceptors (Lipinski definition) is 5. The zero-order valence-corrected chi connectivity index (χ0v) is 13.1. The predicted octanol–water partition coefficient (Wildman–Crippen LogP) is 3.67. The number of halogens is 3. The molecule has 0 bridgehead atoms. The second-order valence-electron chi connectivity index (χ2n) is 5.65. The molecule has 26 heavy (non-hydrogen) atoms. The van der Waals surface area contributed by atoms with E-state index in [2.05, 4.69) is 15.4 Å². The number of alkyl halides is 3. The lowest BCUT2D eigenvalue weighted by Gasteiger charge is -2.16. The molecule has 0 amide bonds. The van der Waals surface area contributed by atoms with Crippen molar-refractivity contribution in [1.82, 2.24) is 20.1 Å². The summed E-state index contributed by atoms with van der Waals surface area (Å²) in [4.78, 5) is 0. The molecule has 2 aromatic carbocycles. The second kappa shape index (κ2) is 5.95. The zero-order chi connectivity index (χ0) is 18.3. The maximum absolute atomic E-state index is 12.8. The van der Waals surface area contributed by atoms with Gasteiger partial charge in [0.05, 0.1) is 5.69 Å². The SMILES string of the molecule is OC(c1cccc(-c2cc(-n3cccn3)c3nonc3c2)c1)C(F)(F)F. The quantitative estimate of drug-likeness (QED) is 0.603. The van der Waals surface area contributed by atoms with Crippen LogP contribution in [0, 0.1) is 0 Å². The van der Waals surface area contributed by atoms with Gasteiger partial charge in [-0.2, -0.15) is 18.3 Å². The van der Waals surface area contributed by atoms with Gasteiger partial charge in [0.25, 0.3) is 0 Å². The lowest BCUT2D eigenvalue weighted by Crippen LogP contribution is -2.20. The Bertz CT molecular complexity index is 1060. The van der Waals surface area contributed by atoms with Crippen LogP contribution in [-0.2, 0) is 0 Å². The Morgan fingerprint density at radius 3 is 2.62 bits per heavy atom. The van der Waals surface area contributed by atoms with Crippen LogP contribution in [0.3, 0.4) is 0 Å². The van der Waals surface area contributed by atoms with Crippen molar-refractivity contribution in [2.45, 2.75) is 12.3 Å². The minimum absolute atomic E-state index is 0.242. The number of nitrogens with zero attached hydrogens (tertiary/aromatic N) is 4. The smallest absolute Gasteiger partial charge is 0.379 e. The maximum atomic E-state index is 12.8. The Morgan fingerprint density at radius 2 is 1.88 bits per heavy atom. The highest BCUT2D eigenvalue weighted by atomic mass is 19.4. The minimum Gasteiger partial charge on any atom is -0.379 e. The molecule has 2 aromatic heterocycles. The summed E-state index contributed by atoms with van der Waals surface area (Å²) in [5.41, 5.74) is 2.33. The Kier molecular flexibility index (Phi) is 3.73. The molecule has 4 aromatic rings. The maximum Gasteiger partial charge on any atom is 0.418 e. The molecule has 0 spiro atoms. The summed E-state index contributed by atoms with van der Waals surface area (Å²) in [5.74, 6) is 0. The molecule has 1 N–H and O–H groups in total. The van der Waals surface area contributed by atoms with Crippen molar-refractivity contribution in [2.75, 3.05) is 0 Å². The highest BCUT2D eigenvalue weighted by molar-refractivity contribution is 5.88. The third-order valence-electron chi connectivity index (χ3n) is 3.94. The van der Waals surface area contributed by atoms with Gasteiger partial charge >= 0.3 is 6.18 Å². The molecule has 0 radical (unpaired) electrons. The van der Waals surface area contributed by atoms with E-state index >= 15 is 0 Å². The molecule has 1 atom stereocenters. The van der Waals surface area contributed by atoms with Gasteiger partial charge in [-0.3, -0.25) is 0 Å². The summed E-state index contributed by atoms with van der Waals surface area (Å²) in [6, 6.07) is 10.7. The molecular weight excluding hydrogens is 349 g/mol. The molecule has 132 valence electrons. The fourth-order valence-electron chi connectivity index (χ4n) is 2.70. The molecule has 0 aliphatic heterocycles. The van der Waals surface area contributed by atoms with E-state index < -0.39 is 12.3 Å². The fraction of sp³-hybridized carbons (Fsp3) is 0.118. The lowest BCUT2D eigenvalue weighted by molar-refractivity contribution is -0.206. The summed E-state index contributed by atoms with van der Waals surface area (Å²) in [6.07, 6.45) is -3.99. The standard InChI is InChI=1S/C17H11F3N4O2/c18-17(19,20)16(25)11-4-1-3-10(7-11)12-8-13-15(23-26-22-13)14(9-12)24-6-2-5-21-24/h1-9,16,25H. The molecule has 0 saturated heterocycles. The van der Waals surface area contributed by atoms with Crippen LogP contribution in [0.5, 0.6) is 0 Å². The van der Waals surface area contributed by atoms with Gasteiger partial charge in [0.1, 0.15) is 5.52 Å². The van der Waals surface area contributed by atoms with E-state index in [1.165, 1.54) is 18.2 Å². The number of benzene rings is 2. The van der Waals surface area contributed by atoms with Crippen LogP contribution in [-0.4, -0.2) is 31.4 Å². The predicted molar refractivity (Wildman–Crippen MR) is 85.4 cm³/mol. The average Bonchev–Trinajstić information content (AvgIpc) is 3.31. The van der Waals surface area contributed by atoms with Crippen LogP contribution in [0.25, 0.3) is 27.8 Å². The van der Waals surface area contributed by atoms with E-state index in [0.717, 1.165) is 0 Å². The molecule has 9 heteroatoms. The van der Waals surface area contributed by atoms with Gasteiger partial charge in [-0.05, 0) is 51.3 Å². The van der Waals surface area contributed by atoms with Crippen LogP contribution < -0.4 is 0 Å². The van der Waals surface area contributed by atoms with Crippen molar-refractivity contribution in [3.63, 3.8) is 0 Å². The molecule has 4 rings (SSSR count). The van der Waals surface area contributed by atoms with Crippen LogP contribution in [0.15, 0.2) is 59.5 Å². The molecular formula is C17H11F3N4O2. The number of hydrogen-bond donors (Lipinski definition) is 1. The summed E-state index contributed by atoms with van der Waals surface area (Å²) in [6.45, 7) is 0. The van der Waals surface area contributed by atoms with Gasteiger partial charge in [0.15, 0.2) is 11.6 Å². The van der Waals surface area contributed by atoms with Crippen molar-refractivity contribution in [3.05, 3.63) is 60.4 Å². The summed E-state index contributed by atoms with van der Waals surface area (Å²) in [7, 11) is 0. The third kappa shape index (κ3) is 2.82. The second-order valence-corrected chi connectivity index (χ2v) is 5.65. The molecule has 0 aliphatic carbocycles. The van der Waals surface area contributed by atoms with Gasteiger partial charge in [-0.25, -0.2) is 9.31 Å². The van der Waals surface area contributed by atoms with Crippen molar-refractivity contribution >= 4 is 11.0 Å². The summed E-state index contributed by atoms with van der Waals surface area (Å²) >= 11 is 0. The Labute approximate surface area is 144 Å². The highest BCUT2D eigenvalue weighted by Gasteiger charge is 2.39. The topological polar surface area (TPSA) is 77.0 Å². The lowest BCUT2D eigenvalue weighted by atomic mass is 9.99. The summed E-state index contributed by atoms with van der Waals surface area (Å²) < 4.78 is 44.7. The van der Waals surface area contributed by atoms with Crippen molar-refractivity contribution in [3.8, 4) is 16.8 Å². The number of fused-ring (bicyclic) bond motifs is 1. The third-order valence-corrected chi connectivity index (χ3v) is 3.94. The van der Waals surface area contributed by atoms with Crippen LogP contribution >= 0.6 is 0 Å². The number of rotatable bonds is 3. The van der Waals surface area contributed by atoms with Crippen molar-refractivity contribution in [1.29, 1.82) is 0 Å². The first kappa shape index (κ1) is 16.3. The summed E-state index contributed by atoms with van der Waals surface area (Å²) in [5, 5.41) is 21.3. The van der Waals surface area contributed by atoms with E-state index in [1.54, 1.807) is 41.3 Å². The molecule has 6 nitrogen and oxygen atoms in total.